The molecule has 0 atom stereocenters. The van der Waals surface area contributed by atoms with Crippen LogP contribution in [0.1, 0.15) is 0 Å². The lowest BCUT2D eigenvalue weighted by Crippen LogP contribution is -1.99. The van der Waals surface area contributed by atoms with E-state index in [2.05, 4.69) is 24.3 Å². The molecule has 0 saturated heterocycles. The van der Waals surface area contributed by atoms with Gasteiger partial charge in [-0.1, -0.05) is 60.7 Å². The van der Waals surface area contributed by atoms with Crippen molar-refractivity contribution in [1.82, 2.24) is 0 Å². The average molecular weight is 557 g/mol. The zero-order valence-electron chi connectivity index (χ0n) is 22.6. The van der Waals surface area contributed by atoms with Crippen LogP contribution in [0.2, 0.25) is 0 Å². The van der Waals surface area contributed by atoms with Gasteiger partial charge in [-0.3, -0.25) is 0 Å². The predicted octanol–water partition coefficient (Wildman–Crippen LogP) is 9.44. The molecule has 9 aromatic rings. The van der Waals surface area contributed by atoms with E-state index in [1.165, 1.54) is 0 Å². The van der Waals surface area contributed by atoms with Gasteiger partial charge in [-0.05, 0) is 93.7 Å². The van der Waals surface area contributed by atoms with Crippen molar-refractivity contribution in [1.29, 1.82) is 0 Å². The third-order valence-electron chi connectivity index (χ3n) is 8.38. The molecular weight excluding hydrogens is 536 g/mol. The van der Waals surface area contributed by atoms with Crippen LogP contribution in [-0.4, -0.2) is 0 Å². The summed E-state index contributed by atoms with van der Waals surface area (Å²) < 4.78 is 17.6. The van der Waals surface area contributed by atoms with Crippen molar-refractivity contribution in [3.63, 3.8) is 0 Å². The van der Waals surface area contributed by atoms with Crippen LogP contribution >= 0.6 is 0 Å². The first kappa shape index (κ1) is 23.7. The molecule has 0 fully saturated rings. The van der Waals surface area contributed by atoms with Crippen LogP contribution in [0.25, 0.3) is 87.7 Å². The summed E-state index contributed by atoms with van der Waals surface area (Å²) in [6.45, 7) is 0. The summed E-state index contributed by atoms with van der Waals surface area (Å²) in [5.41, 5.74) is 5.83. The standard InChI is InChI=1S/C38H20O5/c39-37-29-7-3-1-5-25(29)27-13-9-23(19-35(27)42-37)21-11-15-33-31(17-21)32-18-22(12-16-34(32)41-33)24-10-14-28-26-6-2-4-8-30(26)38(40)43-36(28)20-24/h1-20H. The molecule has 3 heterocycles. The topological polar surface area (TPSA) is 73.6 Å². The second-order valence-corrected chi connectivity index (χ2v) is 10.8. The fraction of sp³-hybridized carbons (Fsp3) is 0. The number of fused-ring (bicyclic) bond motifs is 9. The minimum absolute atomic E-state index is 0.342. The summed E-state index contributed by atoms with van der Waals surface area (Å²) in [6, 6.07) is 39.2. The zero-order chi connectivity index (χ0) is 28.7. The molecule has 3 aromatic heterocycles. The molecule has 202 valence electrons. The Morgan fingerprint density at radius 2 is 0.698 bits per heavy atom. The van der Waals surface area contributed by atoms with Gasteiger partial charge in [0.25, 0.3) is 0 Å². The molecule has 0 unspecified atom stereocenters. The van der Waals surface area contributed by atoms with E-state index in [-0.39, 0.29) is 11.3 Å². The van der Waals surface area contributed by atoms with Crippen LogP contribution in [0.15, 0.2) is 144 Å². The van der Waals surface area contributed by atoms with E-state index < -0.39 is 0 Å². The predicted molar refractivity (Wildman–Crippen MR) is 172 cm³/mol. The Balaban J connectivity index is 1.18. The second-order valence-electron chi connectivity index (χ2n) is 10.8. The first-order valence-electron chi connectivity index (χ1n) is 14.0. The highest BCUT2D eigenvalue weighted by Crippen LogP contribution is 2.37. The Kier molecular flexibility index (Phi) is 4.85. The van der Waals surface area contributed by atoms with Gasteiger partial charge in [0, 0.05) is 21.5 Å². The Morgan fingerprint density at radius 3 is 1.16 bits per heavy atom. The summed E-state index contributed by atoms with van der Waals surface area (Å²) in [5, 5.41) is 6.67. The monoisotopic (exact) mass is 556 g/mol. The molecule has 0 amide bonds. The molecule has 0 N–H and O–H groups in total. The van der Waals surface area contributed by atoms with Crippen molar-refractivity contribution < 1.29 is 13.3 Å². The fourth-order valence-electron chi connectivity index (χ4n) is 6.26. The van der Waals surface area contributed by atoms with Crippen molar-refractivity contribution in [3.8, 4) is 22.3 Å². The van der Waals surface area contributed by atoms with E-state index in [4.69, 9.17) is 13.3 Å². The van der Waals surface area contributed by atoms with E-state index in [0.29, 0.717) is 21.9 Å². The highest BCUT2D eigenvalue weighted by atomic mass is 16.4. The maximum absolute atomic E-state index is 12.6. The van der Waals surface area contributed by atoms with Crippen LogP contribution in [0.5, 0.6) is 0 Å². The number of hydrogen-bond acceptors (Lipinski definition) is 5. The fourth-order valence-corrected chi connectivity index (χ4v) is 6.26. The van der Waals surface area contributed by atoms with E-state index >= 15 is 0 Å². The van der Waals surface area contributed by atoms with Crippen LogP contribution in [-0.2, 0) is 0 Å². The molecular formula is C38H20O5. The summed E-state index contributed by atoms with van der Waals surface area (Å²) in [4.78, 5) is 25.2. The smallest absolute Gasteiger partial charge is 0.344 e. The molecule has 5 heteroatoms. The molecule has 6 aromatic carbocycles. The van der Waals surface area contributed by atoms with Crippen LogP contribution in [0.4, 0.5) is 0 Å². The SMILES string of the molecule is O=c1oc2cc(-c3ccc4oc5ccc(-c6ccc7c(c6)oc(=O)c6ccccc67)cc5c4c3)ccc2c2ccccc12. The maximum Gasteiger partial charge on any atom is 0.344 e. The quantitative estimate of drug-likeness (QED) is 0.157. The third kappa shape index (κ3) is 3.58. The van der Waals surface area contributed by atoms with Gasteiger partial charge in [0.05, 0.1) is 10.8 Å². The van der Waals surface area contributed by atoms with Crippen molar-refractivity contribution >= 4 is 65.4 Å². The van der Waals surface area contributed by atoms with E-state index in [1.54, 1.807) is 12.1 Å². The van der Waals surface area contributed by atoms with E-state index in [9.17, 15) is 9.59 Å². The largest absolute Gasteiger partial charge is 0.456 e. The van der Waals surface area contributed by atoms with Gasteiger partial charge in [-0.2, -0.15) is 0 Å². The second kappa shape index (κ2) is 8.78. The van der Waals surface area contributed by atoms with Gasteiger partial charge in [0.1, 0.15) is 22.3 Å². The summed E-state index contributed by atoms with van der Waals surface area (Å²) >= 11 is 0. The van der Waals surface area contributed by atoms with Crippen molar-refractivity contribution in [3.05, 3.63) is 142 Å². The van der Waals surface area contributed by atoms with Crippen LogP contribution < -0.4 is 11.3 Å². The van der Waals surface area contributed by atoms with Crippen LogP contribution in [0.3, 0.4) is 0 Å². The van der Waals surface area contributed by atoms with Gasteiger partial charge in [-0.15, -0.1) is 0 Å². The maximum atomic E-state index is 12.6. The first-order valence-corrected chi connectivity index (χ1v) is 14.0. The lowest BCUT2D eigenvalue weighted by molar-refractivity contribution is 0.569. The molecule has 0 aliphatic heterocycles. The van der Waals surface area contributed by atoms with Gasteiger partial charge >= 0.3 is 11.3 Å². The van der Waals surface area contributed by atoms with E-state index in [1.807, 2.05) is 84.9 Å². The molecule has 9 rings (SSSR count). The first-order chi connectivity index (χ1) is 21.1. The molecule has 0 radical (unpaired) electrons. The normalized spacial score (nSPS) is 11.9. The molecule has 0 bridgehead atoms. The third-order valence-corrected chi connectivity index (χ3v) is 8.38. The Labute approximate surface area is 242 Å². The Morgan fingerprint density at radius 1 is 0.302 bits per heavy atom. The highest BCUT2D eigenvalue weighted by molar-refractivity contribution is 6.09. The summed E-state index contributed by atoms with van der Waals surface area (Å²) in [7, 11) is 0. The van der Waals surface area contributed by atoms with Crippen molar-refractivity contribution in [2.75, 3.05) is 0 Å². The summed E-state index contributed by atoms with van der Waals surface area (Å²) in [6.07, 6.45) is 0. The van der Waals surface area contributed by atoms with Gasteiger partial charge in [0.15, 0.2) is 0 Å². The number of rotatable bonds is 2. The molecule has 0 saturated carbocycles. The van der Waals surface area contributed by atoms with Gasteiger partial charge in [-0.25, -0.2) is 9.59 Å². The lowest BCUT2D eigenvalue weighted by Gasteiger charge is -2.07. The minimum Gasteiger partial charge on any atom is -0.456 e. The molecule has 0 spiro atoms. The number of benzene rings is 6. The van der Waals surface area contributed by atoms with Gasteiger partial charge < -0.3 is 13.3 Å². The highest BCUT2D eigenvalue weighted by Gasteiger charge is 2.14. The molecule has 0 aliphatic carbocycles. The molecule has 5 nitrogen and oxygen atoms in total. The van der Waals surface area contributed by atoms with Gasteiger partial charge in [0.2, 0.25) is 0 Å². The molecule has 0 aliphatic rings. The van der Waals surface area contributed by atoms with Crippen molar-refractivity contribution in [2.24, 2.45) is 0 Å². The number of hydrogen-bond donors (Lipinski definition) is 0. The minimum atomic E-state index is -0.342. The Hall–Kier alpha value is -5.94. The molecule has 43 heavy (non-hydrogen) atoms. The van der Waals surface area contributed by atoms with Crippen LogP contribution in [0, 0.1) is 0 Å². The zero-order valence-corrected chi connectivity index (χ0v) is 22.6. The van der Waals surface area contributed by atoms with Crippen molar-refractivity contribution in [2.45, 2.75) is 0 Å². The van der Waals surface area contributed by atoms with E-state index in [0.717, 1.165) is 65.7 Å². The lowest BCUT2D eigenvalue weighted by atomic mass is 9.98. The Bertz CT molecular complexity index is 2540. The number of furan rings is 1. The average Bonchev–Trinajstić information content (AvgIpc) is 3.42. The summed E-state index contributed by atoms with van der Waals surface area (Å²) in [5.74, 6) is 0.